The molecule has 0 saturated heterocycles. The SMILES string of the molecule is CNS(=O)(=O)c1cc(NCc2cccc3cccnc23)cc(C(=O)Nc2ccc3c(c2)CCC3)c1. The Morgan fingerprint density at radius 3 is 2.63 bits per heavy atom. The molecule has 7 nitrogen and oxygen atoms in total. The van der Waals surface area contributed by atoms with Crippen molar-refractivity contribution >= 4 is 38.2 Å². The number of hydrogen-bond acceptors (Lipinski definition) is 5. The van der Waals surface area contributed by atoms with Gasteiger partial charge in [-0.1, -0.05) is 30.3 Å². The minimum absolute atomic E-state index is 0.0140. The summed E-state index contributed by atoms with van der Waals surface area (Å²) in [6, 6.07) is 20.3. The number of para-hydroxylation sites is 1. The van der Waals surface area contributed by atoms with Crippen LogP contribution in [0.4, 0.5) is 11.4 Å². The first-order chi connectivity index (χ1) is 16.9. The summed E-state index contributed by atoms with van der Waals surface area (Å²) in [5.74, 6) is -0.369. The number of aryl methyl sites for hydroxylation is 2. The van der Waals surface area contributed by atoms with E-state index in [0.717, 1.165) is 35.7 Å². The third-order valence-corrected chi connectivity index (χ3v) is 7.70. The second-order valence-corrected chi connectivity index (χ2v) is 10.5. The van der Waals surface area contributed by atoms with Gasteiger partial charge in [0.15, 0.2) is 0 Å². The van der Waals surface area contributed by atoms with Crippen LogP contribution in [0, 0.1) is 0 Å². The molecule has 0 aliphatic heterocycles. The van der Waals surface area contributed by atoms with Crippen LogP contribution in [0.15, 0.2) is 77.8 Å². The molecule has 1 aliphatic rings. The molecule has 0 spiro atoms. The standard InChI is InChI=1S/C27H26N4O3S/c1-28-35(33,34)25-15-22(27(32)31-23-11-10-18-5-2-7-20(18)13-23)14-24(16-25)30-17-21-8-3-6-19-9-4-12-29-26(19)21/h3-4,6,8-16,28,30H,2,5,7,17H2,1H3,(H,31,32). The van der Waals surface area contributed by atoms with Crippen LogP contribution in [0.3, 0.4) is 0 Å². The van der Waals surface area contributed by atoms with Crippen molar-refractivity contribution in [1.29, 1.82) is 0 Å². The molecule has 1 heterocycles. The summed E-state index contributed by atoms with van der Waals surface area (Å²) in [6.07, 6.45) is 4.94. The van der Waals surface area contributed by atoms with E-state index in [4.69, 9.17) is 0 Å². The van der Waals surface area contributed by atoms with Gasteiger partial charge in [-0.25, -0.2) is 13.1 Å². The van der Waals surface area contributed by atoms with Crippen molar-refractivity contribution in [3.63, 3.8) is 0 Å². The van der Waals surface area contributed by atoms with Gasteiger partial charge >= 0.3 is 0 Å². The topological polar surface area (TPSA) is 100 Å². The number of carbonyl (C=O) groups is 1. The molecule has 0 radical (unpaired) electrons. The Bertz CT molecular complexity index is 1530. The van der Waals surface area contributed by atoms with Crippen LogP contribution in [0.2, 0.25) is 0 Å². The lowest BCUT2D eigenvalue weighted by molar-refractivity contribution is 0.102. The zero-order chi connectivity index (χ0) is 24.4. The second-order valence-electron chi connectivity index (χ2n) is 8.59. The third-order valence-electron chi connectivity index (χ3n) is 6.30. The lowest BCUT2D eigenvalue weighted by Gasteiger charge is -2.13. The van der Waals surface area contributed by atoms with Gasteiger partial charge in [0.2, 0.25) is 10.0 Å². The molecule has 1 aromatic heterocycles. The maximum Gasteiger partial charge on any atom is 0.255 e. The van der Waals surface area contributed by atoms with Gasteiger partial charge in [-0.15, -0.1) is 0 Å². The molecular weight excluding hydrogens is 460 g/mol. The summed E-state index contributed by atoms with van der Waals surface area (Å²) in [5, 5.41) is 7.21. The van der Waals surface area contributed by atoms with Crippen LogP contribution in [-0.4, -0.2) is 26.4 Å². The molecule has 0 atom stereocenters. The zero-order valence-corrected chi connectivity index (χ0v) is 20.2. The first kappa shape index (κ1) is 23.0. The van der Waals surface area contributed by atoms with E-state index in [1.54, 1.807) is 12.3 Å². The molecule has 0 unspecified atom stereocenters. The number of carbonyl (C=O) groups excluding carboxylic acids is 1. The minimum atomic E-state index is -3.76. The van der Waals surface area contributed by atoms with Crippen LogP contribution in [0.1, 0.15) is 33.5 Å². The molecule has 1 aliphatic carbocycles. The Hall–Kier alpha value is -3.75. The van der Waals surface area contributed by atoms with E-state index in [-0.39, 0.29) is 16.4 Å². The van der Waals surface area contributed by atoms with Crippen molar-refractivity contribution in [2.45, 2.75) is 30.7 Å². The Balaban J connectivity index is 1.43. The number of nitrogens with one attached hydrogen (secondary N) is 3. The zero-order valence-electron chi connectivity index (χ0n) is 19.3. The predicted octanol–water partition coefficient (Wildman–Crippen LogP) is 4.50. The van der Waals surface area contributed by atoms with Crippen LogP contribution in [0.25, 0.3) is 10.9 Å². The van der Waals surface area contributed by atoms with Crippen LogP contribution >= 0.6 is 0 Å². The first-order valence-corrected chi connectivity index (χ1v) is 13.0. The summed E-state index contributed by atoms with van der Waals surface area (Å²) < 4.78 is 27.5. The molecule has 3 N–H and O–H groups in total. The summed E-state index contributed by atoms with van der Waals surface area (Å²) in [5.41, 5.74) is 5.88. The van der Waals surface area contributed by atoms with Gasteiger partial charge in [0, 0.05) is 35.1 Å². The Morgan fingerprint density at radius 1 is 0.943 bits per heavy atom. The summed E-state index contributed by atoms with van der Waals surface area (Å²) in [6.45, 7) is 0.420. The molecule has 0 fully saturated rings. The van der Waals surface area contributed by atoms with Gasteiger partial charge < -0.3 is 10.6 Å². The molecule has 178 valence electrons. The molecule has 8 heteroatoms. The largest absolute Gasteiger partial charge is 0.381 e. The number of rotatable bonds is 7. The van der Waals surface area contributed by atoms with E-state index in [1.807, 2.05) is 48.5 Å². The Labute approximate surface area is 204 Å². The highest BCUT2D eigenvalue weighted by atomic mass is 32.2. The van der Waals surface area contributed by atoms with Gasteiger partial charge in [0.25, 0.3) is 5.91 Å². The van der Waals surface area contributed by atoms with Gasteiger partial charge in [-0.3, -0.25) is 9.78 Å². The molecule has 1 amide bonds. The number of anilines is 2. The number of aromatic nitrogens is 1. The average Bonchev–Trinajstić information content (AvgIpc) is 3.35. The number of amides is 1. The van der Waals surface area contributed by atoms with Crippen molar-refractivity contribution in [2.75, 3.05) is 17.7 Å². The van der Waals surface area contributed by atoms with E-state index >= 15 is 0 Å². The lowest BCUT2D eigenvalue weighted by atomic mass is 10.1. The molecule has 35 heavy (non-hydrogen) atoms. The number of hydrogen-bond donors (Lipinski definition) is 3. The fourth-order valence-corrected chi connectivity index (χ4v) is 5.27. The Morgan fingerprint density at radius 2 is 1.77 bits per heavy atom. The smallest absolute Gasteiger partial charge is 0.255 e. The lowest BCUT2D eigenvalue weighted by Crippen LogP contribution is -2.20. The van der Waals surface area contributed by atoms with Crippen molar-refractivity contribution in [3.05, 3.63) is 95.2 Å². The summed E-state index contributed by atoms with van der Waals surface area (Å²) in [4.78, 5) is 17.6. The first-order valence-electron chi connectivity index (χ1n) is 11.5. The number of fused-ring (bicyclic) bond motifs is 2. The molecule has 5 rings (SSSR count). The van der Waals surface area contributed by atoms with Gasteiger partial charge in [0.1, 0.15) is 0 Å². The molecule has 4 aromatic rings. The molecule has 0 bridgehead atoms. The highest BCUT2D eigenvalue weighted by Gasteiger charge is 2.18. The monoisotopic (exact) mass is 486 g/mol. The Kier molecular flexibility index (Phi) is 6.23. The van der Waals surface area contributed by atoms with Gasteiger partial charge in [-0.05, 0) is 79.4 Å². The van der Waals surface area contributed by atoms with E-state index in [2.05, 4.69) is 20.3 Å². The highest BCUT2D eigenvalue weighted by Crippen LogP contribution is 2.26. The van der Waals surface area contributed by atoms with E-state index < -0.39 is 10.0 Å². The number of nitrogens with zero attached hydrogens (tertiary/aromatic N) is 1. The fraction of sp³-hybridized carbons (Fsp3) is 0.185. The van der Waals surface area contributed by atoms with Crippen molar-refractivity contribution in [3.8, 4) is 0 Å². The molecular formula is C27H26N4O3S. The molecule has 0 saturated carbocycles. The number of benzene rings is 3. The summed E-state index contributed by atoms with van der Waals surface area (Å²) >= 11 is 0. The maximum atomic E-state index is 13.1. The predicted molar refractivity (Wildman–Crippen MR) is 138 cm³/mol. The minimum Gasteiger partial charge on any atom is -0.381 e. The van der Waals surface area contributed by atoms with Crippen molar-refractivity contribution in [2.24, 2.45) is 0 Å². The summed E-state index contributed by atoms with van der Waals surface area (Å²) in [7, 11) is -2.41. The quantitative estimate of drug-likeness (QED) is 0.357. The maximum absolute atomic E-state index is 13.1. The van der Waals surface area contributed by atoms with Crippen LogP contribution < -0.4 is 15.4 Å². The van der Waals surface area contributed by atoms with E-state index in [9.17, 15) is 13.2 Å². The fourth-order valence-electron chi connectivity index (χ4n) is 4.47. The van der Waals surface area contributed by atoms with Crippen LogP contribution in [-0.2, 0) is 29.4 Å². The number of pyridine rings is 1. The second kappa shape index (κ2) is 9.48. The van der Waals surface area contributed by atoms with E-state index in [1.165, 1.54) is 30.3 Å². The number of sulfonamides is 1. The molecule has 3 aromatic carbocycles. The average molecular weight is 487 g/mol. The highest BCUT2D eigenvalue weighted by molar-refractivity contribution is 7.89. The third kappa shape index (κ3) is 4.89. The van der Waals surface area contributed by atoms with Crippen LogP contribution in [0.5, 0.6) is 0 Å². The van der Waals surface area contributed by atoms with Gasteiger partial charge in [-0.2, -0.15) is 0 Å². The normalized spacial score (nSPS) is 12.9. The van der Waals surface area contributed by atoms with Gasteiger partial charge in [0.05, 0.1) is 10.4 Å². The van der Waals surface area contributed by atoms with Crippen molar-refractivity contribution in [1.82, 2.24) is 9.71 Å². The van der Waals surface area contributed by atoms with Crippen molar-refractivity contribution < 1.29 is 13.2 Å². The van der Waals surface area contributed by atoms with E-state index in [0.29, 0.717) is 17.9 Å².